The van der Waals surface area contributed by atoms with Crippen LogP contribution in [0.4, 0.5) is 0 Å². The van der Waals surface area contributed by atoms with Gasteiger partial charge >= 0.3 is 0 Å². The van der Waals surface area contributed by atoms with Gasteiger partial charge in [-0.2, -0.15) is 0 Å². The number of hydrogen-bond donors (Lipinski definition) is 2. The molecule has 0 amide bonds. The zero-order valence-corrected chi connectivity index (χ0v) is 16.2. The summed E-state index contributed by atoms with van der Waals surface area (Å²) in [7, 11) is 1.77. The van der Waals surface area contributed by atoms with Crippen molar-refractivity contribution in [2.75, 3.05) is 26.7 Å². The highest BCUT2D eigenvalue weighted by Crippen LogP contribution is 2.25. The lowest BCUT2D eigenvalue weighted by Gasteiger charge is -2.20. The minimum Gasteiger partial charge on any atom is -0.492 e. The summed E-state index contributed by atoms with van der Waals surface area (Å²) in [5.74, 6) is 1.67. The molecule has 1 heterocycles. The Morgan fingerprint density at radius 2 is 1.88 bits per heavy atom. The zero-order chi connectivity index (χ0) is 18.8. The van der Waals surface area contributed by atoms with Gasteiger partial charge in [-0.25, -0.2) is 0 Å². The van der Waals surface area contributed by atoms with Gasteiger partial charge in [-0.3, -0.25) is 9.98 Å². The number of rotatable bonds is 7. The number of hydrogen-bond acceptors (Lipinski definition) is 3. The predicted octanol–water partition coefficient (Wildman–Crippen LogP) is 3.17. The number of aliphatic imine (C=N–C) groups is 1. The van der Waals surface area contributed by atoms with Crippen molar-refractivity contribution in [1.82, 2.24) is 15.6 Å². The number of aromatic nitrogens is 1. The van der Waals surface area contributed by atoms with Gasteiger partial charge in [0, 0.05) is 31.9 Å². The second kappa shape index (κ2) is 9.80. The summed E-state index contributed by atoms with van der Waals surface area (Å²) in [5, 5.41) is 6.55. The van der Waals surface area contributed by atoms with E-state index < -0.39 is 0 Å². The first kappa shape index (κ1) is 19.8. The van der Waals surface area contributed by atoms with Gasteiger partial charge in [-0.05, 0) is 35.2 Å². The van der Waals surface area contributed by atoms with E-state index in [1.54, 1.807) is 7.05 Å². The van der Waals surface area contributed by atoms with E-state index in [2.05, 4.69) is 53.5 Å². The minimum absolute atomic E-state index is 0.122. The summed E-state index contributed by atoms with van der Waals surface area (Å²) in [6.45, 7) is 8.65. The molecule has 2 N–H and O–H groups in total. The molecule has 5 nitrogen and oxygen atoms in total. The number of ether oxygens (including phenoxy) is 1. The topological polar surface area (TPSA) is 58.5 Å². The monoisotopic (exact) mass is 354 g/mol. The van der Waals surface area contributed by atoms with Crippen molar-refractivity contribution in [2.45, 2.75) is 32.6 Å². The van der Waals surface area contributed by atoms with Crippen LogP contribution in [0.1, 0.15) is 32.0 Å². The molecule has 0 radical (unpaired) electrons. The Labute approximate surface area is 156 Å². The third-order valence-corrected chi connectivity index (χ3v) is 3.99. The van der Waals surface area contributed by atoms with Crippen LogP contribution in [0, 0.1) is 0 Å². The van der Waals surface area contributed by atoms with Gasteiger partial charge in [0.15, 0.2) is 5.96 Å². The summed E-state index contributed by atoms with van der Waals surface area (Å²) in [6.07, 6.45) is 2.67. The third kappa shape index (κ3) is 6.75. The molecule has 0 saturated carbocycles. The highest BCUT2D eigenvalue weighted by atomic mass is 16.5. The van der Waals surface area contributed by atoms with Crippen LogP contribution in [-0.2, 0) is 11.8 Å². The van der Waals surface area contributed by atoms with E-state index in [4.69, 9.17) is 4.74 Å². The van der Waals surface area contributed by atoms with E-state index in [0.29, 0.717) is 13.2 Å². The van der Waals surface area contributed by atoms with E-state index >= 15 is 0 Å². The van der Waals surface area contributed by atoms with Crippen LogP contribution < -0.4 is 15.4 Å². The van der Waals surface area contributed by atoms with Crippen LogP contribution in [0.15, 0.2) is 53.7 Å². The lowest BCUT2D eigenvalue weighted by Crippen LogP contribution is -2.40. The Hall–Kier alpha value is -2.56. The minimum atomic E-state index is 0.122. The Morgan fingerprint density at radius 3 is 2.58 bits per heavy atom. The Bertz CT molecular complexity index is 693. The second-order valence-electron chi connectivity index (χ2n) is 7.12. The average molecular weight is 354 g/mol. The molecular weight excluding hydrogens is 324 g/mol. The summed E-state index contributed by atoms with van der Waals surface area (Å²) in [5.41, 5.74) is 2.46. The first-order valence-corrected chi connectivity index (χ1v) is 9.07. The van der Waals surface area contributed by atoms with Gasteiger partial charge in [0.05, 0.1) is 6.54 Å². The maximum Gasteiger partial charge on any atom is 0.191 e. The van der Waals surface area contributed by atoms with Crippen molar-refractivity contribution in [3.63, 3.8) is 0 Å². The van der Waals surface area contributed by atoms with Gasteiger partial charge in [0.2, 0.25) is 0 Å². The van der Waals surface area contributed by atoms with Crippen molar-refractivity contribution in [2.24, 2.45) is 4.99 Å². The SMILES string of the molecule is CN=C(NCCOc1cccc(C(C)(C)C)c1)NCCc1ccccn1. The number of nitrogens with zero attached hydrogens (tertiary/aromatic N) is 2. The lowest BCUT2D eigenvalue weighted by molar-refractivity contribution is 0.321. The Balaban J connectivity index is 1.69. The van der Waals surface area contributed by atoms with E-state index in [-0.39, 0.29) is 5.41 Å². The van der Waals surface area contributed by atoms with Gasteiger partial charge in [-0.15, -0.1) is 0 Å². The van der Waals surface area contributed by atoms with Crippen LogP contribution >= 0.6 is 0 Å². The number of nitrogens with one attached hydrogen (secondary N) is 2. The highest BCUT2D eigenvalue weighted by Gasteiger charge is 2.13. The van der Waals surface area contributed by atoms with Crippen LogP contribution in [0.3, 0.4) is 0 Å². The Morgan fingerprint density at radius 1 is 1.08 bits per heavy atom. The van der Waals surface area contributed by atoms with Crippen LogP contribution in [-0.4, -0.2) is 37.7 Å². The summed E-state index contributed by atoms with van der Waals surface area (Å²) in [6, 6.07) is 14.2. The molecule has 0 aliphatic heterocycles. The predicted molar refractivity (Wildman–Crippen MR) is 108 cm³/mol. The second-order valence-corrected chi connectivity index (χ2v) is 7.12. The van der Waals surface area contributed by atoms with Crippen molar-refractivity contribution in [3.8, 4) is 5.75 Å². The molecule has 2 aromatic rings. The molecule has 0 saturated heterocycles. The highest BCUT2D eigenvalue weighted by molar-refractivity contribution is 5.79. The molecule has 26 heavy (non-hydrogen) atoms. The van der Waals surface area contributed by atoms with Gasteiger partial charge in [0.1, 0.15) is 12.4 Å². The molecule has 0 spiro atoms. The molecule has 140 valence electrons. The molecule has 0 bridgehead atoms. The largest absolute Gasteiger partial charge is 0.492 e. The van der Waals surface area contributed by atoms with Crippen molar-refractivity contribution < 1.29 is 4.74 Å². The fraction of sp³-hybridized carbons (Fsp3) is 0.429. The normalized spacial score (nSPS) is 11.9. The summed E-state index contributed by atoms with van der Waals surface area (Å²) >= 11 is 0. The number of benzene rings is 1. The molecule has 0 fully saturated rings. The maximum atomic E-state index is 5.86. The first-order chi connectivity index (χ1) is 12.5. The molecule has 0 aliphatic rings. The molecule has 5 heteroatoms. The quantitative estimate of drug-likeness (QED) is 0.455. The first-order valence-electron chi connectivity index (χ1n) is 9.07. The summed E-state index contributed by atoms with van der Waals surface area (Å²) < 4.78 is 5.86. The third-order valence-electron chi connectivity index (χ3n) is 3.99. The molecular formula is C21H30N4O. The lowest BCUT2D eigenvalue weighted by atomic mass is 9.87. The molecule has 0 aliphatic carbocycles. The molecule has 1 aromatic heterocycles. The van der Waals surface area contributed by atoms with Crippen molar-refractivity contribution in [3.05, 3.63) is 59.9 Å². The van der Waals surface area contributed by atoms with E-state index in [1.807, 2.05) is 36.5 Å². The van der Waals surface area contributed by atoms with Crippen molar-refractivity contribution >= 4 is 5.96 Å². The zero-order valence-electron chi connectivity index (χ0n) is 16.2. The smallest absolute Gasteiger partial charge is 0.191 e. The van der Waals surface area contributed by atoms with Gasteiger partial charge in [-0.1, -0.05) is 39.0 Å². The molecule has 1 aromatic carbocycles. The van der Waals surface area contributed by atoms with E-state index in [0.717, 1.165) is 30.4 Å². The summed E-state index contributed by atoms with van der Waals surface area (Å²) in [4.78, 5) is 8.54. The van der Waals surface area contributed by atoms with E-state index in [9.17, 15) is 0 Å². The molecule has 2 rings (SSSR count). The van der Waals surface area contributed by atoms with Crippen molar-refractivity contribution in [1.29, 1.82) is 0 Å². The van der Waals surface area contributed by atoms with Gasteiger partial charge < -0.3 is 15.4 Å². The van der Waals surface area contributed by atoms with Crippen LogP contribution in [0.25, 0.3) is 0 Å². The van der Waals surface area contributed by atoms with Crippen LogP contribution in [0.5, 0.6) is 5.75 Å². The van der Waals surface area contributed by atoms with Crippen LogP contribution in [0.2, 0.25) is 0 Å². The molecule has 0 unspecified atom stereocenters. The number of guanidine groups is 1. The number of pyridine rings is 1. The maximum absolute atomic E-state index is 5.86. The fourth-order valence-corrected chi connectivity index (χ4v) is 2.47. The Kier molecular flexibility index (Phi) is 7.45. The standard InChI is InChI=1S/C21H30N4O/c1-21(2,3)17-8-7-10-19(16-17)26-15-14-25-20(22-4)24-13-11-18-9-5-6-12-23-18/h5-10,12,16H,11,13-15H2,1-4H3,(H2,22,24,25). The van der Waals surface area contributed by atoms with Gasteiger partial charge in [0.25, 0.3) is 0 Å². The average Bonchev–Trinajstić information content (AvgIpc) is 2.64. The fourth-order valence-electron chi connectivity index (χ4n) is 2.47. The van der Waals surface area contributed by atoms with E-state index in [1.165, 1.54) is 5.56 Å². The molecule has 0 atom stereocenters.